The van der Waals surface area contributed by atoms with Crippen LogP contribution in [0.4, 0.5) is 13.2 Å². The van der Waals surface area contributed by atoms with Gasteiger partial charge in [0, 0.05) is 6.04 Å². The maximum Gasteiger partial charge on any atom is 0.405 e. The van der Waals surface area contributed by atoms with Crippen LogP contribution >= 0.6 is 24.0 Å². The molecule has 0 unspecified atom stereocenters. The first-order valence-corrected chi connectivity index (χ1v) is 6.77. The maximum absolute atomic E-state index is 11.9. The zero-order chi connectivity index (χ0) is 15.0. The van der Waals surface area contributed by atoms with Gasteiger partial charge in [-0.25, -0.2) is 4.99 Å². The predicted octanol–water partition coefficient (Wildman–Crippen LogP) is 1.91. The molecule has 4 N–H and O–H groups in total. The van der Waals surface area contributed by atoms with Crippen molar-refractivity contribution in [3.05, 3.63) is 0 Å². The largest absolute Gasteiger partial charge is 0.405 e. The third kappa shape index (κ3) is 10.6. The van der Waals surface area contributed by atoms with E-state index in [0.29, 0.717) is 0 Å². The molecule has 0 bridgehead atoms. The van der Waals surface area contributed by atoms with Crippen molar-refractivity contribution in [1.29, 1.82) is 0 Å². The second kappa shape index (κ2) is 10.1. The molecule has 5 nitrogen and oxygen atoms in total. The van der Waals surface area contributed by atoms with Crippen LogP contribution in [-0.2, 0) is 4.79 Å². The van der Waals surface area contributed by atoms with Gasteiger partial charge in [0.25, 0.3) is 0 Å². The molecule has 124 valence electrons. The molecule has 1 aliphatic carbocycles. The number of alkyl halides is 3. The Hall–Kier alpha value is -0.740. The number of hydrogen-bond donors (Lipinski definition) is 3. The van der Waals surface area contributed by atoms with Crippen molar-refractivity contribution in [2.24, 2.45) is 10.7 Å². The van der Waals surface area contributed by atoms with Crippen LogP contribution < -0.4 is 16.4 Å². The Labute approximate surface area is 139 Å². The minimum atomic E-state index is -4.41. The summed E-state index contributed by atoms with van der Waals surface area (Å²) in [5.74, 6) is -0.688. The summed E-state index contributed by atoms with van der Waals surface area (Å²) >= 11 is 0. The van der Waals surface area contributed by atoms with E-state index in [0.717, 1.165) is 25.7 Å². The predicted molar refractivity (Wildman–Crippen MR) is 85.6 cm³/mol. The lowest BCUT2D eigenvalue weighted by atomic mass is 10.1. The lowest BCUT2D eigenvalue weighted by molar-refractivity contribution is -0.137. The SMILES string of the molecule is I.NC(=NCC(=O)NCC(F)(F)F)NC1CCCCCC1. The third-order valence-electron chi connectivity index (χ3n) is 3.09. The van der Waals surface area contributed by atoms with Gasteiger partial charge in [0.15, 0.2) is 5.96 Å². The average Bonchev–Trinajstić information content (AvgIpc) is 2.61. The topological polar surface area (TPSA) is 79.5 Å². The highest BCUT2D eigenvalue weighted by molar-refractivity contribution is 14.0. The Bertz CT molecular complexity index is 342. The molecule has 0 heterocycles. The summed E-state index contributed by atoms with van der Waals surface area (Å²) in [6.45, 7) is -1.75. The molecule has 21 heavy (non-hydrogen) atoms. The molecule has 0 radical (unpaired) electrons. The fourth-order valence-corrected chi connectivity index (χ4v) is 2.09. The number of guanidine groups is 1. The zero-order valence-electron chi connectivity index (χ0n) is 11.7. The molecule has 1 saturated carbocycles. The summed E-state index contributed by atoms with van der Waals surface area (Å²) in [4.78, 5) is 14.9. The molecule has 0 aromatic carbocycles. The van der Waals surface area contributed by atoms with E-state index in [4.69, 9.17) is 5.73 Å². The number of nitrogens with one attached hydrogen (secondary N) is 2. The molecular formula is C12H22F3IN4O. The van der Waals surface area contributed by atoms with E-state index < -0.39 is 25.2 Å². The zero-order valence-corrected chi connectivity index (χ0v) is 14.0. The number of carbonyl (C=O) groups excluding carboxylic acids is 1. The minimum Gasteiger partial charge on any atom is -0.370 e. The normalized spacial score (nSPS) is 17.6. The lowest BCUT2D eigenvalue weighted by Crippen LogP contribution is -2.41. The minimum absolute atomic E-state index is 0. The van der Waals surface area contributed by atoms with Gasteiger partial charge >= 0.3 is 6.18 Å². The standard InChI is InChI=1S/C12H21F3N4O.HI/c13-12(14,15)8-18-10(20)7-17-11(16)19-9-5-3-1-2-4-6-9;/h9H,1-8H2,(H,18,20)(H3,16,17,19);1H. The van der Waals surface area contributed by atoms with Gasteiger partial charge < -0.3 is 16.4 Å². The molecule has 1 amide bonds. The first-order chi connectivity index (χ1) is 9.37. The van der Waals surface area contributed by atoms with Gasteiger partial charge in [0.05, 0.1) is 0 Å². The Morgan fingerprint density at radius 1 is 1.19 bits per heavy atom. The highest BCUT2D eigenvalue weighted by Crippen LogP contribution is 2.16. The first-order valence-electron chi connectivity index (χ1n) is 6.77. The van der Waals surface area contributed by atoms with Gasteiger partial charge in [-0.15, -0.1) is 24.0 Å². The van der Waals surface area contributed by atoms with E-state index in [2.05, 4.69) is 10.3 Å². The Kier molecular flexibility index (Phi) is 9.71. The molecule has 1 fully saturated rings. The molecule has 1 rings (SSSR count). The van der Waals surface area contributed by atoms with E-state index >= 15 is 0 Å². The number of nitrogens with two attached hydrogens (primary N) is 1. The van der Waals surface area contributed by atoms with Crippen LogP contribution in [0.5, 0.6) is 0 Å². The molecule has 0 saturated heterocycles. The fraction of sp³-hybridized carbons (Fsp3) is 0.833. The monoisotopic (exact) mass is 422 g/mol. The quantitative estimate of drug-likeness (QED) is 0.280. The highest BCUT2D eigenvalue weighted by Gasteiger charge is 2.27. The van der Waals surface area contributed by atoms with Gasteiger partial charge in [0.1, 0.15) is 13.1 Å². The number of hydrogen-bond acceptors (Lipinski definition) is 2. The van der Waals surface area contributed by atoms with Crippen LogP contribution in [0, 0.1) is 0 Å². The van der Waals surface area contributed by atoms with E-state index in [-0.39, 0.29) is 36.0 Å². The Morgan fingerprint density at radius 3 is 2.29 bits per heavy atom. The van der Waals surface area contributed by atoms with E-state index in [9.17, 15) is 18.0 Å². The number of nitrogens with zero attached hydrogens (tertiary/aromatic N) is 1. The van der Waals surface area contributed by atoms with Crippen molar-refractivity contribution in [3.8, 4) is 0 Å². The number of rotatable bonds is 4. The number of amides is 1. The van der Waals surface area contributed by atoms with Crippen LogP contribution in [0.15, 0.2) is 4.99 Å². The first kappa shape index (κ1) is 20.3. The average molecular weight is 422 g/mol. The number of halogens is 4. The van der Waals surface area contributed by atoms with E-state index in [1.165, 1.54) is 12.8 Å². The van der Waals surface area contributed by atoms with Crippen LogP contribution in [0.1, 0.15) is 38.5 Å². The van der Waals surface area contributed by atoms with Gasteiger partial charge in [-0.3, -0.25) is 4.79 Å². The van der Waals surface area contributed by atoms with Crippen LogP contribution in [-0.4, -0.2) is 37.2 Å². The van der Waals surface area contributed by atoms with E-state index in [1.807, 2.05) is 0 Å². The Morgan fingerprint density at radius 2 is 1.76 bits per heavy atom. The van der Waals surface area contributed by atoms with Gasteiger partial charge in [-0.1, -0.05) is 25.7 Å². The second-order valence-electron chi connectivity index (χ2n) is 4.93. The summed E-state index contributed by atoms with van der Waals surface area (Å²) in [5, 5.41) is 4.75. The molecule has 9 heteroatoms. The summed E-state index contributed by atoms with van der Waals surface area (Å²) in [6.07, 6.45) is 2.23. The molecule has 0 aromatic heterocycles. The fourth-order valence-electron chi connectivity index (χ4n) is 2.09. The van der Waals surface area contributed by atoms with Crippen molar-refractivity contribution in [1.82, 2.24) is 10.6 Å². The lowest BCUT2D eigenvalue weighted by Gasteiger charge is -2.16. The second-order valence-corrected chi connectivity index (χ2v) is 4.93. The summed E-state index contributed by atoms with van der Waals surface area (Å²) < 4.78 is 35.6. The van der Waals surface area contributed by atoms with Crippen molar-refractivity contribution < 1.29 is 18.0 Å². The maximum atomic E-state index is 11.9. The summed E-state index contributed by atoms with van der Waals surface area (Å²) in [6, 6.07) is 0.236. The van der Waals surface area contributed by atoms with Crippen LogP contribution in [0.2, 0.25) is 0 Å². The number of aliphatic imine (C=N–C) groups is 1. The van der Waals surface area contributed by atoms with Gasteiger partial charge in [0.2, 0.25) is 5.91 Å². The van der Waals surface area contributed by atoms with Crippen LogP contribution in [0.3, 0.4) is 0 Å². The summed E-state index contributed by atoms with van der Waals surface area (Å²) in [7, 11) is 0. The van der Waals surface area contributed by atoms with E-state index in [1.54, 1.807) is 5.32 Å². The van der Waals surface area contributed by atoms with Crippen molar-refractivity contribution in [2.45, 2.75) is 50.7 Å². The number of carbonyl (C=O) groups is 1. The molecule has 0 aromatic rings. The van der Waals surface area contributed by atoms with Gasteiger partial charge in [-0.05, 0) is 12.8 Å². The van der Waals surface area contributed by atoms with Crippen LogP contribution in [0.25, 0.3) is 0 Å². The van der Waals surface area contributed by atoms with Crippen molar-refractivity contribution in [2.75, 3.05) is 13.1 Å². The molecular weight excluding hydrogens is 400 g/mol. The molecule has 0 aliphatic heterocycles. The molecule has 0 atom stereocenters. The summed E-state index contributed by atoms with van der Waals surface area (Å²) in [5.41, 5.74) is 5.62. The molecule has 1 aliphatic rings. The highest BCUT2D eigenvalue weighted by atomic mass is 127. The third-order valence-corrected chi connectivity index (χ3v) is 3.09. The van der Waals surface area contributed by atoms with Crippen molar-refractivity contribution >= 4 is 35.8 Å². The molecule has 0 spiro atoms. The van der Waals surface area contributed by atoms with Gasteiger partial charge in [-0.2, -0.15) is 13.2 Å². The Balaban J connectivity index is 0.00000400. The smallest absolute Gasteiger partial charge is 0.370 e. The van der Waals surface area contributed by atoms with Crippen molar-refractivity contribution in [3.63, 3.8) is 0 Å².